The minimum atomic E-state index is -3.57. The first kappa shape index (κ1) is 27.3. The number of methoxy groups -OCH3 is 1. The van der Waals surface area contributed by atoms with Gasteiger partial charge in [0.2, 0.25) is 15.2 Å². The fourth-order valence-electron chi connectivity index (χ4n) is 3.66. The highest BCUT2D eigenvalue weighted by molar-refractivity contribution is 7.92. The van der Waals surface area contributed by atoms with Gasteiger partial charge in [0.05, 0.1) is 29.9 Å². The minimum Gasteiger partial charge on any atom is -0.494 e. The lowest BCUT2D eigenvalue weighted by molar-refractivity contribution is -0.712. The van der Waals surface area contributed by atoms with E-state index in [1.807, 2.05) is 31.2 Å². The summed E-state index contributed by atoms with van der Waals surface area (Å²) in [5.41, 5.74) is 3.14. The molecule has 0 atom stereocenters. The summed E-state index contributed by atoms with van der Waals surface area (Å²) in [5.74, 6) is 0.490. The Labute approximate surface area is 217 Å². The number of azo groups is 1. The number of hydrogen-bond donors (Lipinski definition) is 2. The third kappa shape index (κ3) is 6.91. The normalized spacial score (nSPS) is 11.9. The van der Waals surface area contributed by atoms with Crippen molar-refractivity contribution in [2.45, 2.75) is 46.7 Å². The van der Waals surface area contributed by atoms with Crippen molar-refractivity contribution in [3.63, 3.8) is 0 Å². The number of rotatable bonds is 10. The molecular weight excluding hydrogens is 498 g/mol. The predicted octanol–water partition coefficient (Wildman–Crippen LogP) is 5.44. The molecule has 2 N–H and O–H groups in total. The first-order valence-electron chi connectivity index (χ1n) is 11.5. The molecule has 194 valence electrons. The molecule has 1 aromatic heterocycles. The molecule has 1 heterocycles. The standard InChI is InChI=1S/C24H33N7O3S2/c1-15(2)31(16(3)4)24-28-30(6)23(35-24)27-26-19-14-22(34-7)21(13-20(19)29-36(8,32)33)25-18-11-9-17(5)10-12-18/h9-16H,1-8H3,(H,25,29)/p+1. The number of aryl methyl sites for hydroxylation is 2. The van der Waals surface area contributed by atoms with E-state index in [1.54, 1.807) is 31.0 Å². The van der Waals surface area contributed by atoms with Gasteiger partial charge in [-0.2, -0.15) is 0 Å². The number of sulfonamides is 1. The molecule has 0 aliphatic carbocycles. The Hall–Kier alpha value is -3.25. The first-order valence-corrected chi connectivity index (χ1v) is 14.2. The lowest BCUT2D eigenvalue weighted by atomic mass is 10.2. The molecule has 0 radical (unpaired) electrons. The second-order valence-corrected chi connectivity index (χ2v) is 11.7. The molecule has 3 aromatic rings. The quantitative estimate of drug-likeness (QED) is 0.266. The van der Waals surface area contributed by atoms with Gasteiger partial charge < -0.3 is 15.0 Å². The largest absolute Gasteiger partial charge is 0.494 e. The van der Waals surface area contributed by atoms with Crippen molar-refractivity contribution >= 4 is 54.4 Å². The molecule has 0 unspecified atom stereocenters. The summed E-state index contributed by atoms with van der Waals surface area (Å²) < 4.78 is 34.0. The summed E-state index contributed by atoms with van der Waals surface area (Å²) in [6.07, 6.45) is 1.09. The van der Waals surface area contributed by atoms with E-state index in [0.29, 0.717) is 22.3 Å². The van der Waals surface area contributed by atoms with Crippen LogP contribution in [0, 0.1) is 6.92 Å². The summed E-state index contributed by atoms with van der Waals surface area (Å²) in [5, 5.41) is 18.1. The highest BCUT2D eigenvalue weighted by Gasteiger charge is 2.24. The molecule has 0 saturated heterocycles. The Bertz CT molecular complexity index is 1330. The highest BCUT2D eigenvalue weighted by Crippen LogP contribution is 2.39. The zero-order valence-corrected chi connectivity index (χ0v) is 23.5. The van der Waals surface area contributed by atoms with Crippen LogP contribution in [0.5, 0.6) is 5.75 Å². The van der Waals surface area contributed by atoms with Gasteiger partial charge in [0.25, 0.3) is 0 Å². The van der Waals surface area contributed by atoms with E-state index in [0.717, 1.165) is 22.6 Å². The second kappa shape index (κ2) is 11.2. The number of hydrogen-bond acceptors (Lipinski definition) is 9. The maximum Gasteiger partial charge on any atom is 0.431 e. The van der Waals surface area contributed by atoms with Gasteiger partial charge in [0.15, 0.2) is 0 Å². The Balaban J connectivity index is 2.02. The number of anilines is 4. The molecule has 10 nitrogen and oxygen atoms in total. The minimum absolute atomic E-state index is 0.268. The Morgan fingerprint density at radius 1 is 1.06 bits per heavy atom. The van der Waals surface area contributed by atoms with Crippen molar-refractivity contribution in [1.82, 2.24) is 5.10 Å². The first-order chi connectivity index (χ1) is 16.9. The molecule has 12 heteroatoms. The molecule has 0 aliphatic heterocycles. The van der Waals surface area contributed by atoms with Gasteiger partial charge in [-0.25, -0.2) is 8.42 Å². The summed E-state index contributed by atoms with van der Waals surface area (Å²) in [6.45, 7) is 10.5. The summed E-state index contributed by atoms with van der Waals surface area (Å²) in [7, 11) is -0.226. The van der Waals surface area contributed by atoms with Crippen LogP contribution in [0.25, 0.3) is 0 Å². The summed E-state index contributed by atoms with van der Waals surface area (Å²) in [6, 6.07) is 11.7. The smallest absolute Gasteiger partial charge is 0.431 e. The van der Waals surface area contributed by atoms with Crippen molar-refractivity contribution in [3.8, 4) is 5.75 Å². The fraction of sp³-hybridized carbons (Fsp3) is 0.417. The van der Waals surface area contributed by atoms with E-state index in [1.165, 1.54) is 11.3 Å². The van der Waals surface area contributed by atoms with Gasteiger partial charge in [-0.15, -0.1) is 4.68 Å². The van der Waals surface area contributed by atoms with Gasteiger partial charge in [-0.3, -0.25) is 4.72 Å². The van der Waals surface area contributed by atoms with Crippen LogP contribution in [0.4, 0.5) is 33.0 Å². The van der Waals surface area contributed by atoms with E-state index in [-0.39, 0.29) is 17.8 Å². The molecule has 0 aliphatic rings. The number of aromatic nitrogens is 2. The third-order valence-electron chi connectivity index (χ3n) is 5.22. The maximum atomic E-state index is 12.1. The van der Waals surface area contributed by atoms with E-state index >= 15 is 0 Å². The zero-order valence-electron chi connectivity index (χ0n) is 21.9. The molecule has 0 bridgehead atoms. The average Bonchev–Trinajstić information content (AvgIpc) is 3.12. The molecule has 0 spiro atoms. The molecule has 0 saturated carbocycles. The molecule has 36 heavy (non-hydrogen) atoms. The van der Waals surface area contributed by atoms with Crippen LogP contribution in [-0.4, -0.2) is 39.0 Å². The van der Waals surface area contributed by atoms with Crippen LogP contribution in [0.1, 0.15) is 33.3 Å². The van der Waals surface area contributed by atoms with Crippen molar-refractivity contribution in [3.05, 3.63) is 42.0 Å². The topological polar surface area (TPSA) is 112 Å². The zero-order chi connectivity index (χ0) is 26.6. The average molecular weight is 533 g/mol. The van der Waals surface area contributed by atoms with Crippen molar-refractivity contribution in [1.29, 1.82) is 0 Å². The number of benzene rings is 2. The van der Waals surface area contributed by atoms with Gasteiger partial charge >= 0.3 is 5.13 Å². The summed E-state index contributed by atoms with van der Waals surface area (Å²) >= 11 is 1.41. The van der Waals surface area contributed by atoms with Gasteiger partial charge in [-0.05, 0) is 69.3 Å². The lowest BCUT2D eigenvalue weighted by Crippen LogP contribution is -2.39. The number of nitrogens with zero attached hydrogens (tertiary/aromatic N) is 5. The van der Waals surface area contributed by atoms with Gasteiger partial charge in [0.1, 0.15) is 18.5 Å². The van der Waals surface area contributed by atoms with E-state index < -0.39 is 10.0 Å². The third-order valence-corrected chi connectivity index (χ3v) is 6.81. The van der Waals surface area contributed by atoms with Crippen LogP contribution in [-0.2, 0) is 17.1 Å². The van der Waals surface area contributed by atoms with Crippen LogP contribution in [0.2, 0.25) is 0 Å². The number of ether oxygens (including phenoxy) is 1. The molecule has 3 rings (SSSR count). The molecule has 0 amide bonds. The molecular formula is C24H34N7O3S2+. The monoisotopic (exact) mass is 532 g/mol. The Morgan fingerprint density at radius 3 is 2.25 bits per heavy atom. The maximum absolute atomic E-state index is 12.1. The fourth-order valence-corrected chi connectivity index (χ4v) is 5.33. The van der Waals surface area contributed by atoms with Crippen molar-refractivity contribution in [2.24, 2.45) is 17.3 Å². The highest BCUT2D eigenvalue weighted by atomic mass is 32.2. The predicted molar refractivity (Wildman–Crippen MR) is 146 cm³/mol. The molecule has 2 aromatic carbocycles. The Kier molecular flexibility index (Phi) is 8.51. The van der Waals surface area contributed by atoms with Crippen molar-refractivity contribution in [2.75, 3.05) is 28.3 Å². The van der Waals surface area contributed by atoms with E-state index in [4.69, 9.17) is 4.74 Å². The molecule has 0 fully saturated rings. The van der Waals surface area contributed by atoms with Crippen molar-refractivity contribution < 1.29 is 17.8 Å². The van der Waals surface area contributed by atoms with Crippen LogP contribution in [0.3, 0.4) is 0 Å². The van der Waals surface area contributed by atoms with Crippen LogP contribution < -0.4 is 24.4 Å². The van der Waals surface area contributed by atoms with E-state index in [2.05, 4.69) is 58.0 Å². The van der Waals surface area contributed by atoms with Gasteiger partial charge in [-0.1, -0.05) is 22.8 Å². The van der Waals surface area contributed by atoms with Crippen LogP contribution >= 0.6 is 11.3 Å². The SMILES string of the molecule is COc1cc(N=Nc2sc(N(C(C)C)C(C)C)n[n+]2C)c(NS(C)(=O)=O)cc1Nc1ccc(C)cc1. The van der Waals surface area contributed by atoms with Gasteiger partial charge in [0, 0.05) is 23.8 Å². The summed E-state index contributed by atoms with van der Waals surface area (Å²) in [4.78, 5) is 2.20. The number of nitrogens with one attached hydrogen (secondary N) is 2. The van der Waals surface area contributed by atoms with Crippen LogP contribution in [0.15, 0.2) is 46.6 Å². The second-order valence-electron chi connectivity index (χ2n) is 9.02. The van der Waals surface area contributed by atoms with E-state index in [9.17, 15) is 8.42 Å². The Morgan fingerprint density at radius 2 is 1.69 bits per heavy atom. The lowest BCUT2D eigenvalue weighted by Gasteiger charge is -2.28.